The fourth-order valence-electron chi connectivity index (χ4n) is 6.45. The van der Waals surface area contributed by atoms with E-state index in [2.05, 4.69) is 33.0 Å². The zero-order valence-corrected chi connectivity index (χ0v) is 29.4. The molecular formula is C34H48N6O6S. The molecule has 0 spiro atoms. The smallest absolute Gasteiger partial charge is 0.418 e. The SMILES string of the molecule is COc1c(NC(=O)Oc2cc3cccc(CN4CCC(C(=O)N5CCN(C)CC5)CC4)c3n2C)cc(C(C)(C)C)cc1NS(C)(=O)=O. The van der Waals surface area contributed by atoms with Crippen LogP contribution in [0.2, 0.25) is 0 Å². The first-order valence-corrected chi connectivity index (χ1v) is 18.0. The van der Waals surface area contributed by atoms with Gasteiger partial charge in [0.1, 0.15) is 0 Å². The van der Waals surface area contributed by atoms with Crippen LogP contribution >= 0.6 is 0 Å². The number of piperidine rings is 1. The molecule has 13 heteroatoms. The normalized spacial score (nSPS) is 17.1. The van der Waals surface area contributed by atoms with Crippen molar-refractivity contribution in [3.05, 3.63) is 47.5 Å². The van der Waals surface area contributed by atoms with Crippen LogP contribution in [0.4, 0.5) is 16.2 Å². The number of aromatic nitrogens is 1. The Morgan fingerprint density at radius 3 is 2.23 bits per heavy atom. The second-order valence-electron chi connectivity index (χ2n) is 13.8. The maximum atomic E-state index is 13.3. The molecule has 2 amide bonds. The van der Waals surface area contributed by atoms with Gasteiger partial charge < -0.3 is 23.8 Å². The molecule has 256 valence electrons. The Balaban J connectivity index is 1.29. The van der Waals surface area contributed by atoms with Crippen LogP contribution in [0, 0.1) is 5.92 Å². The Morgan fingerprint density at radius 1 is 0.957 bits per heavy atom. The van der Waals surface area contributed by atoms with Crippen molar-refractivity contribution in [1.29, 1.82) is 0 Å². The summed E-state index contributed by atoms with van der Waals surface area (Å²) in [5.74, 6) is 0.920. The lowest BCUT2D eigenvalue weighted by Gasteiger charge is -2.37. The van der Waals surface area contributed by atoms with E-state index in [4.69, 9.17) is 9.47 Å². The molecule has 5 rings (SSSR count). The lowest BCUT2D eigenvalue weighted by Crippen LogP contribution is -2.50. The Hall–Kier alpha value is -3.81. The third-order valence-corrected chi connectivity index (χ3v) is 9.72. The number of nitrogens with one attached hydrogen (secondary N) is 2. The molecule has 0 saturated carbocycles. The van der Waals surface area contributed by atoms with Gasteiger partial charge in [-0.1, -0.05) is 39.0 Å². The molecule has 2 aliphatic rings. The van der Waals surface area contributed by atoms with Gasteiger partial charge in [0.25, 0.3) is 0 Å². The van der Waals surface area contributed by atoms with Crippen LogP contribution in [-0.2, 0) is 33.8 Å². The molecule has 2 aromatic carbocycles. The van der Waals surface area contributed by atoms with Crippen molar-refractivity contribution >= 4 is 44.3 Å². The van der Waals surface area contributed by atoms with E-state index in [1.165, 1.54) is 7.11 Å². The van der Waals surface area contributed by atoms with Gasteiger partial charge >= 0.3 is 6.09 Å². The van der Waals surface area contributed by atoms with E-state index in [0.29, 0.717) is 11.8 Å². The topological polar surface area (TPSA) is 125 Å². The van der Waals surface area contributed by atoms with E-state index < -0.39 is 16.1 Å². The maximum absolute atomic E-state index is 13.3. The molecule has 3 heterocycles. The number of nitrogens with zero attached hydrogens (tertiary/aromatic N) is 4. The number of likely N-dealkylation sites (tertiary alicyclic amines) is 1. The predicted octanol–water partition coefficient (Wildman–Crippen LogP) is 4.45. The number of methoxy groups -OCH3 is 1. The third kappa shape index (κ3) is 8.20. The fourth-order valence-corrected chi connectivity index (χ4v) is 7.00. The minimum Gasteiger partial charge on any atom is -0.492 e. The molecule has 47 heavy (non-hydrogen) atoms. The first kappa shape index (κ1) is 34.5. The summed E-state index contributed by atoms with van der Waals surface area (Å²) >= 11 is 0. The number of carbonyl (C=O) groups is 2. The summed E-state index contributed by atoms with van der Waals surface area (Å²) in [5, 5.41) is 3.71. The molecule has 0 radical (unpaired) electrons. The molecule has 1 aromatic heterocycles. The number of ether oxygens (including phenoxy) is 2. The van der Waals surface area contributed by atoms with Gasteiger partial charge in [-0.05, 0) is 61.7 Å². The molecule has 2 N–H and O–H groups in total. The zero-order valence-electron chi connectivity index (χ0n) is 28.6. The zero-order chi connectivity index (χ0) is 34.1. The monoisotopic (exact) mass is 668 g/mol. The summed E-state index contributed by atoms with van der Waals surface area (Å²) in [6.45, 7) is 11.9. The summed E-state index contributed by atoms with van der Waals surface area (Å²) in [6.07, 6.45) is 2.03. The Labute approximate surface area is 278 Å². The number of hydrogen-bond donors (Lipinski definition) is 2. The van der Waals surface area contributed by atoms with Gasteiger partial charge in [-0.2, -0.15) is 0 Å². The van der Waals surface area contributed by atoms with Crippen LogP contribution < -0.4 is 19.5 Å². The Bertz CT molecular complexity index is 1730. The lowest BCUT2D eigenvalue weighted by atomic mass is 9.86. The van der Waals surface area contributed by atoms with Gasteiger partial charge in [0.05, 0.1) is 30.3 Å². The Kier molecular flexibility index (Phi) is 10.1. The van der Waals surface area contributed by atoms with E-state index in [1.807, 2.05) is 55.5 Å². The third-order valence-electron chi connectivity index (χ3n) is 9.13. The highest BCUT2D eigenvalue weighted by atomic mass is 32.2. The van der Waals surface area contributed by atoms with E-state index in [-0.39, 0.29) is 28.5 Å². The number of sulfonamides is 1. The number of likely N-dealkylation sites (N-methyl/N-ethyl adjacent to an activating group) is 1. The molecule has 2 saturated heterocycles. The summed E-state index contributed by atoms with van der Waals surface area (Å²) in [7, 11) is 1.76. The number of amides is 2. The molecule has 0 bridgehead atoms. The second kappa shape index (κ2) is 13.7. The van der Waals surface area contributed by atoms with Crippen molar-refractivity contribution in [3.63, 3.8) is 0 Å². The number of rotatable bonds is 8. The molecular weight excluding hydrogens is 620 g/mol. The lowest BCUT2D eigenvalue weighted by molar-refractivity contribution is -0.138. The van der Waals surface area contributed by atoms with E-state index in [1.54, 1.807) is 12.1 Å². The van der Waals surface area contributed by atoms with Crippen LogP contribution in [-0.4, -0.2) is 99.4 Å². The minimum absolute atomic E-state index is 0.0833. The number of fused-ring (bicyclic) bond motifs is 1. The molecule has 2 fully saturated rings. The maximum Gasteiger partial charge on any atom is 0.418 e. The number of aryl methyl sites for hydroxylation is 1. The second-order valence-corrected chi connectivity index (χ2v) is 15.6. The first-order chi connectivity index (χ1) is 22.1. The van der Waals surface area contributed by atoms with Gasteiger partial charge in [0.15, 0.2) is 5.75 Å². The molecule has 0 unspecified atom stereocenters. The number of carbonyl (C=O) groups excluding carboxylic acids is 2. The first-order valence-electron chi connectivity index (χ1n) is 16.1. The van der Waals surface area contributed by atoms with Gasteiger partial charge in [-0.3, -0.25) is 19.7 Å². The van der Waals surface area contributed by atoms with Crippen molar-refractivity contribution in [1.82, 2.24) is 19.3 Å². The highest BCUT2D eigenvalue weighted by Gasteiger charge is 2.30. The number of para-hydroxylation sites is 1. The molecule has 0 aliphatic carbocycles. The summed E-state index contributed by atoms with van der Waals surface area (Å²) in [5.41, 5.74) is 3.03. The van der Waals surface area contributed by atoms with Crippen molar-refractivity contribution in [2.45, 2.75) is 45.6 Å². The minimum atomic E-state index is -3.61. The molecule has 2 aliphatic heterocycles. The summed E-state index contributed by atoms with van der Waals surface area (Å²) < 4.78 is 39.9. The van der Waals surface area contributed by atoms with Crippen LogP contribution in [0.15, 0.2) is 36.4 Å². The number of benzene rings is 2. The van der Waals surface area contributed by atoms with Gasteiger partial charge in [0.2, 0.25) is 21.8 Å². The van der Waals surface area contributed by atoms with Crippen molar-refractivity contribution in [2.75, 3.05) is 69.7 Å². The van der Waals surface area contributed by atoms with Crippen LogP contribution in [0.5, 0.6) is 11.6 Å². The van der Waals surface area contributed by atoms with E-state index >= 15 is 0 Å². The highest BCUT2D eigenvalue weighted by Crippen LogP contribution is 2.39. The molecule has 0 atom stereocenters. The van der Waals surface area contributed by atoms with Crippen LogP contribution in [0.1, 0.15) is 44.7 Å². The average Bonchev–Trinajstić information content (AvgIpc) is 3.31. The number of piperazine rings is 1. The highest BCUT2D eigenvalue weighted by molar-refractivity contribution is 7.92. The number of hydrogen-bond acceptors (Lipinski definition) is 8. The molecule has 12 nitrogen and oxygen atoms in total. The van der Waals surface area contributed by atoms with Crippen LogP contribution in [0.25, 0.3) is 10.9 Å². The van der Waals surface area contributed by atoms with Crippen molar-refractivity contribution < 1.29 is 27.5 Å². The Morgan fingerprint density at radius 2 is 1.62 bits per heavy atom. The molecule has 3 aromatic rings. The van der Waals surface area contributed by atoms with Crippen molar-refractivity contribution in [3.8, 4) is 11.6 Å². The summed E-state index contributed by atoms with van der Waals surface area (Å²) in [4.78, 5) is 33.1. The van der Waals surface area contributed by atoms with Crippen LogP contribution in [0.3, 0.4) is 0 Å². The standard InChI is InChI=1S/C34H48N6O6S/c1-34(2,3)26-20-27(31(45-6)28(21-26)36-47(7,43)44)35-33(42)46-29-19-24-9-8-10-25(30(24)38(29)5)22-39-13-11-23(12-14-39)32(41)40-17-15-37(4)16-18-40/h8-10,19-21,23,36H,11-18,22H2,1-7H3,(H,35,42). The van der Waals surface area contributed by atoms with Gasteiger partial charge in [-0.15, -0.1) is 0 Å². The summed E-state index contributed by atoms with van der Waals surface area (Å²) in [6, 6.07) is 11.4. The van der Waals surface area contributed by atoms with Crippen molar-refractivity contribution in [2.24, 2.45) is 13.0 Å². The fraction of sp³-hybridized carbons (Fsp3) is 0.529. The van der Waals surface area contributed by atoms with E-state index in [0.717, 1.165) is 86.9 Å². The predicted molar refractivity (Wildman–Crippen MR) is 185 cm³/mol. The number of anilines is 2. The average molecular weight is 669 g/mol. The van der Waals surface area contributed by atoms with Gasteiger partial charge in [-0.25, -0.2) is 13.2 Å². The van der Waals surface area contributed by atoms with Gasteiger partial charge in [0, 0.05) is 57.1 Å². The largest absolute Gasteiger partial charge is 0.492 e. The van der Waals surface area contributed by atoms with E-state index in [9.17, 15) is 18.0 Å². The quantitative estimate of drug-likeness (QED) is 0.361.